The van der Waals surface area contributed by atoms with Crippen LogP contribution in [0.25, 0.3) is 22.0 Å². The van der Waals surface area contributed by atoms with Gasteiger partial charge in [0.15, 0.2) is 5.82 Å². The molecule has 3 heterocycles. The van der Waals surface area contributed by atoms with Gasteiger partial charge in [-0.15, -0.1) is 0 Å². The van der Waals surface area contributed by atoms with Gasteiger partial charge in [-0.05, 0) is 48.0 Å². The zero-order valence-corrected chi connectivity index (χ0v) is 19.3. The molecule has 6 nitrogen and oxygen atoms in total. The van der Waals surface area contributed by atoms with E-state index >= 15 is 0 Å². The number of carbonyl (C=O) groups is 1. The average Bonchev–Trinajstić information content (AvgIpc) is 2.88. The molecule has 2 aromatic carbocycles. The number of amides is 1. The maximum absolute atomic E-state index is 13.4. The molecule has 5 rings (SSSR count). The van der Waals surface area contributed by atoms with Crippen molar-refractivity contribution in [2.24, 2.45) is 0 Å². The summed E-state index contributed by atoms with van der Waals surface area (Å²) in [7, 11) is 3.96. The summed E-state index contributed by atoms with van der Waals surface area (Å²) >= 11 is 0. The highest BCUT2D eigenvalue weighted by Gasteiger charge is 2.25. The van der Waals surface area contributed by atoms with Crippen LogP contribution in [0.15, 0.2) is 73.1 Å². The summed E-state index contributed by atoms with van der Waals surface area (Å²) in [6.45, 7) is 2.58. The molecule has 0 N–H and O–H groups in total. The van der Waals surface area contributed by atoms with Gasteiger partial charge in [0.05, 0.1) is 0 Å². The smallest absolute Gasteiger partial charge is 0.253 e. The molecule has 0 unspecified atom stereocenters. The largest absolute Gasteiger partial charge is 0.378 e. The Hall–Kier alpha value is -4.00. The molecule has 0 atom stereocenters. The van der Waals surface area contributed by atoms with Crippen LogP contribution in [-0.4, -0.2) is 61.0 Å². The number of hydrogen-bond donors (Lipinski definition) is 0. The number of benzene rings is 2. The van der Waals surface area contributed by atoms with Gasteiger partial charge < -0.3 is 14.7 Å². The first-order chi connectivity index (χ1) is 16.5. The molecule has 0 radical (unpaired) electrons. The number of fused-ring (bicyclic) bond motifs is 1. The van der Waals surface area contributed by atoms with Crippen molar-refractivity contribution < 1.29 is 9.18 Å². The summed E-state index contributed by atoms with van der Waals surface area (Å²) in [5, 5.41) is 0.971. The van der Waals surface area contributed by atoms with Gasteiger partial charge in [0, 0.05) is 74.9 Å². The monoisotopic (exact) mass is 455 g/mol. The molecule has 1 saturated heterocycles. The topological polar surface area (TPSA) is 52.6 Å². The zero-order valence-electron chi connectivity index (χ0n) is 19.3. The molecule has 7 heteroatoms. The van der Waals surface area contributed by atoms with Gasteiger partial charge in [0.25, 0.3) is 5.91 Å². The Morgan fingerprint density at radius 1 is 0.912 bits per heavy atom. The van der Waals surface area contributed by atoms with E-state index in [1.54, 1.807) is 18.3 Å². The Kier molecular flexibility index (Phi) is 5.84. The van der Waals surface area contributed by atoms with E-state index in [9.17, 15) is 9.18 Å². The number of nitrogens with zero attached hydrogens (tertiary/aromatic N) is 5. The van der Waals surface area contributed by atoms with Crippen molar-refractivity contribution in [2.75, 3.05) is 50.1 Å². The number of pyridine rings is 2. The molecule has 172 valence electrons. The van der Waals surface area contributed by atoms with Crippen molar-refractivity contribution in [3.05, 3.63) is 84.4 Å². The number of halogens is 1. The van der Waals surface area contributed by atoms with Gasteiger partial charge in [-0.25, -0.2) is 9.37 Å². The number of piperazine rings is 1. The fourth-order valence-electron chi connectivity index (χ4n) is 4.35. The van der Waals surface area contributed by atoms with Crippen LogP contribution in [0.4, 0.5) is 15.9 Å². The van der Waals surface area contributed by atoms with Crippen LogP contribution >= 0.6 is 0 Å². The van der Waals surface area contributed by atoms with E-state index in [1.165, 1.54) is 12.1 Å². The molecule has 2 aromatic heterocycles. The van der Waals surface area contributed by atoms with Gasteiger partial charge in [0.1, 0.15) is 11.3 Å². The summed E-state index contributed by atoms with van der Waals surface area (Å²) < 4.78 is 13.4. The minimum absolute atomic E-state index is 0.0487. The van der Waals surface area contributed by atoms with Gasteiger partial charge in [-0.2, -0.15) is 0 Å². The summed E-state index contributed by atoms with van der Waals surface area (Å²) in [5.74, 6) is 0.591. The SMILES string of the molecule is CN(C)c1ccc(C(=O)N2CCN(c3ncc(-c4ccc(F)cc4)c4cccnc34)CC2)cc1. The molecule has 1 amide bonds. The standard InChI is InChI=1S/C27H26FN5O/c1-31(2)22-11-7-20(8-12-22)27(34)33-16-14-32(15-17-33)26-25-23(4-3-13-29-25)24(18-30-26)19-5-9-21(28)10-6-19/h3-13,18H,14-17H2,1-2H3. The number of aromatic nitrogens is 2. The molecular weight excluding hydrogens is 429 g/mol. The molecule has 0 saturated carbocycles. The van der Waals surface area contributed by atoms with Crippen LogP contribution < -0.4 is 9.80 Å². The number of hydrogen-bond acceptors (Lipinski definition) is 5. The average molecular weight is 456 g/mol. The lowest BCUT2D eigenvalue weighted by Crippen LogP contribution is -2.49. The first-order valence-electron chi connectivity index (χ1n) is 11.3. The van der Waals surface area contributed by atoms with Crippen LogP contribution in [0.1, 0.15) is 10.4 Å². The van der Waals surface area contributed by atoms with E-state index in [0.717, 1.165) is 33.5 Å². The van der Waals surface area contributed by atoms with Gasteiger partial charge in [-0.3, -0.25) is 9.78 Å². The lowest BCUT2D eigenvalue weighted by atomic mass is 10.0. The maximum atomic E-state index is 13.4. The third-order valence-electron chi connectivity index (χ3n) is 6.28. The molecule has 1 fully saturated rings. The first-order valence-corrected chi connectivity index (χ1v) is 11.3. The lowest BCUT2D eigenvalue weighted by Gasteiger charge is -2.35. The molecule has 0 aliphatic carbocycles. The van der Waals surface area contributed by atoms with Crippen molar-refractivity contribution in [3.8, 4) is 11.1 Å². The van der Waals surface area contributed by atoms with Crippen molar-refractivity contribution in [1.29, 1.82) is 0 Å². The zero-order chi connectivity index (χ0) is 23.7. The normalized spacial score (nSPS) is 13.9. The van der Waals surface area contributed by atoms with Gasteiger partial charge in [-0.1, -0.05) is 18.2 Å². The summed E-state index contributed by atoms with van der Waals surface area (Å²) in [4.78, 5) is 28.5. The fraction of sp³-hybridized carbons (Fsp3) is 0.222. The predicted molar refractivity (Wildman–Crippen MR) is 134 cm³/mol. The Balaban J connectivity index is 1.35. The Bertz CT molecular complexity index is 1310. The molecule has 0 bridgehead atoms. The lowest BCUT2D eigenvalue weighted by molar-refractivity contribution is 0.0746. The predicted octanol–water partition coefficient (Wildman–Crippen LogP) is 4.46. The number of rotatable bonds is 4. The summed E-state index contributed by atoms with van der Waals surface area (Å²) in [6.07, 6.45) is 3.59. The van der Waals surface area contributed by atoms with Crippen LogP contribution in [-0.2, 0) is 0 Å². The molecule has 34 heavy (non-hydrogen) atoms. The highest BCUT2D eigenvalue weighted by atomic mass is 19.1. The second kappa shape index (κ2) is 9.09. The van der Waals surface area contributed by atoms with E-state index < -0.39 is 0 Å². The van der Waals surface area contributed by atoms with Crippen molar-refractivity contribution in [1.82, 2.24) is 14.9 Å². The van der Waals surface area contributed by atoms with Crippen LogP contribution in [0, 0.1) is 5.82 Å². The van der Waals surface area contributed by atoms with E-state index in [2.05, 4.69) is 9.88 Å². The second-order valence-electron chi connectivity index (χ2n) is 8.62. The van der Waals surface area contributed by atoms with E-state index in [-0.39, 0.29) is 11.7 Å². The maximum Gasteiger partial charge on any atom is 0.253 e. The minimum Gasteiger partial charge on any atom is -0.378 e. The quantitative estimate of drug-likeness (QED) is 0.455. The Morgan fingerprint density at radius 3 is 2.29 bits per heavy atom. The van der Waals surface area contributed by atoms with E-state index in [0.29, 0.717) is 31.7 Å². The third kappa shape index (κ3) is 4.17. The molecule has 0 spiro atoms. The summed E-state index contributed by atoms with van der Waals surface area (Å²) in [5.41, 5.74) is 4.39. The highest BCUT2D eigenvalue weighted by molar-refractivity contribution is 5.99. The minimum atomic E-state index is -0.267. The number of carbonyl (C=O) groups excluding carboxylic acids is 1. The second-order valence-corrected chi connectivity index (χ2v) is 8.62. The molecule has 1 aliphatic heterocycles. The molecular formula is C27H26FN5O. The van der Waals surface area contributed by atoms with Crippen molar-refractivity contribution >= 4 is 28.3 Å². The van der Waals surface area contributed by atoms with Crippen molar-refractivity contribution in [3.63, 3.8) is 0 Å². The van der Waals surface area contributed by atoms with Crippen LogP contribution in [0.3, 0.4) is 0 Å². The van der Waals surface area contributed by atoms with Crippen LogP contribution in [0.5, 0.6) is 0 Å². The van der Waals surface area contributed by atoms with Crippen LogP contribution in [0.2, 0.25) is 0 Å². The van der Waals surface area contributed by atoms with Gasteiger partial charge in [0.2, 0.25) is 0 Å². The third-order valence-corrected chi connectivity index (χ3v) is 6.28. The number of anilines is 2. The summed E-state index contributed by atoms with van der Waals surface area (Å²) in [6, 6.07) is 18.0. The van der Waals surface area contributed by atoms with E-state index in [4.69, 9.17) is 4.98 Å². The van der Waals surface area contributed by atoms with Gasteiger partial charge >= 0.3 is 0 Å². The molecule has 4 aromatic rings. The Labute approximate surface area is 198 Å². The van der Waals surface area contributed by atoms with E-state index in [1.807, 2.05) is 66.5 Å². The first kappa shape index (κ1) is 21.8. The molecule has 1 aliphatic rings. The fourth-order valence-corrected chi connectivity index (χ4v) is 4.35. The van der Waals surface area contributed by atoms with Crippen molar-refractivity contribution in [2.45, 2.75) is 0 Å². The highest BCUT2D eigenvalue weighted by Crippen LogP contribution is 2.32. The Morgan fingerprint density at radius 2 is 1.62 bits per heavy atom.